The molecule has 0 unspecified atom stereocenters. The van der Waals surface area contributed by atoms with Crippen LogP contribution in [0.5, 0.6) is 0 Å². The normalized spacial score (nSPS) is 16.5. The Labute approximate surface area is 163 Å². The molecular weight excluding hydrogens is 352 g/mol. The third kappa shape index (κ3) is 3.26. The summed E-state index contributed by atoms with van der Waals surface area (Å²) in [6, 6.07) is 16.9. The Bertz CT molecular complexity index is 1040. The number of aromatic nitrogens is 3. The maximum absolute atomic E-state index is 4.88. The number of benzene rings is 2. The molecule has 3 heterocycles. The fourth-order valence-corrected chi connectivity index (χ4v) is 5.32. The lowest BCUT2D eigenvalue weighted by molar-refractivity contribution is 0.205. The van der Waals surface area contributed by atoms with Crippen molar-refractivity contribution in [2.75, 3.05) is 19.6 Å². The number of hydrogen-bond acceptors (Lipinski definition) is 4. The van der Waals surface area contributed by atoms with Gasteiger partial charge in [-0.15, -0.1) is 11.3 Å². The molecule has 2 aromatic heterocycles. The second-order valence-corrected chi connectivity index (χ2v) is 8.50. The van der Waals surface area contributed by atoms with Crippen LogP contribution in [0, 0.1) is 6.92 Å². The van der Waals surface area contributed by atoms with Crippen LogP contribution >= 0.6 is 11.3 Å². The molecule has 0 bridgehead atoms. The Morgan fingerprint density at radius 1 is 0.926 bits per heavy atom. The molecule has 1 aliphatic rings. The lowest BCUT2D eigenvalue weighted by atomic mass is 9.97. The van der Waals surface area contributed by atoms with Crippen molar-refractivity contribution < 1.29 is 0 Å². The predicted octanol–water partition coefficient (Wildman–Crippen LogP) is 4.83. The predicted molar refractivity (Wildman–Crippen MR) is 113 cm³/mol. The lowest BCUT2D eigenvalue weighted by Crippen LogP contribution is -2.35. The van der Waals surface area contributed by atoms with E-state index in [1.165, 1.54) is 28.1 Å². The van der Waals surface area contributed by atoms with Crippen LogP contribution in [0.3, 0.4) is 0 Å². The Kier molecular flexibility index (Phi) is 4.42. The molecule has 0 aliphatic carbocycles. The van der Waals surface area contributed by atoms with Crippen LogP contribution < -0.4 is 0 Å². The molecule has 0 spiro atoms. The average Bonchev–Trinajstić information content (AvgIpc) is 3.27. The van der Waals surface area contributed by atoms with Gasteiger partial charge in [-0.2, -0.15) is 0 Å². The van der Waals surface area contributed by atoms with Crippen LogP contribution in [0.2, 0.25) is 0 Å². The number of likely N-dealkylation sites (tertiary alicyclic amines) is 1. The SMILES string of the molecule is Cc1nc2ccccc2n1CCN1CCC(c2nc3ccccc3s2)CC1. The maximum atomic E-state index is 4.88. The molecule has 5 rings (SSSR count). The number of aryl methyl sites for hydroxylation is 1. The molecule has 1 aliphatic heterocycles. The van der Waals surface area contributed by atoms with Crippen LogP contribution in [-0.2, 0) is 6.54 Å². The number of rotatable bonds is 4. The quantitative estimate of drug-likeness (QED) is 0.511. The molecular formula is C22H24N4S. The molecule has 0 radical (unpaired) electrons. The highest BCUT2D eigenvalue weighted by molar-refractivity contribution is 7.18. The fraction of sp³-hybridized carbons (Fsp3) is 0.364. The van der Waals surface area contributed by atoms with Gasteiger partial charge in [-0.05, 0) is 57.1 Å². The Morgan fingerprint density at radius 2 is 1.67 bits per heavy atom. The highest BCUT2D eigenvalue weighted by atomic mass is 32.1. The van der Waals surface area contributed by atoms with Crippen LogP contribution in [0.4, 0.5) is 0 Å². The second-order valence-electron chi connectivity index (χ2n) is 7.44. The minimum Gasteiger partial charge on any atom is -0.327 e. The van der Waals surface area contributed by atoms with E-state index in [-0.39, 0.29) is 0 Å². The fourth-order valence-electron chi connectivity index (χ4n) is 4.19. The van der Waals surface area contributed by atoms with Gasteiger partial charge in [0.1, 0.15) is 5.82 Å². The van der Waals surface area contributed by atoms with Crippen LogP contribution in [0.25, 0.3) is 21.3 Å². The van der Waals surface area contributed by atoms with E-state index in [1.807, 2.05) is 11.3 Å². The number of piperidine rings is 1. The first-order valence-electron chi connectivity index (χ1n) is 9.77. The van der Waals surface area contributed by atoms with Gasteiger partial charge in [0.15, 0.2) is 0 Å². The Morgan fingerprint density at radius 3 is 2.48 bits per heavy atom. The number of nitrogens with zero attached hydrogens (tertiary/aromatic N) is 4. The zero-order valence-corrected chi connectivity index (χ0v) is 16.5. The smallest absolute Gasteiger partial charge is 0.106 e. The highest BCUT2D eigenvalue weighted by Crippen LogP contribution is 2.33. The zero-order chi connectivity index (χ0) is 18.2. The average molecular weight is 377 g/mol. The summed E-state index contributed by atoms with van der Waals surface area (Å²) in [5.74, 6) is 1.73. The zero-order valence-electron chi connectivity index (χ0n) is 15.6. The Hall–Kier alpha value is -2.24. The second kappa shape index (κ2) is 7.06. The van der Waals surface area contributed by atoms with E-state index in [4.69, 9.17) is 4.98 Å². The molecule has 0 atom stereocenters. The van der Waals surface area contributed by atoms with Crippen LogP contribution in [0.1, 0.15) is 29.6 Å². The third-order valence-electron chi connectivity index (χ3n) is 5.73. The number of thiazole rings is 1. The van der Waals surface area contributed by atoms with Crippen molar-refractivity contribution in [3.8, 4) is 0 Å². The first kappa shape index (κ1) is 16.9. The van der Waals surface area contributed by atoms with E-state index in [2.05, 4.69) is 69.9 Å². The van der Waals surface area contributed by atoms with E-state index in [0.717, 1.165) is 43.0 Å². The largest absolute Gasteiger partial charge is 0.327 e. The monoisotopic (exact) mass is 376 g/mol. The minimum atomic E-state index is 0.620. The summed E-state index contributed by atoms with van der Waals surface area (Å²) < 4.78 is 3.67. The maximum Gasteiger partial charge on any atom is 0.106 e. The van der Waals surface area contributed by atoms with Crippen molar-refractivity contribution in [1.29, 1.82) is 0 Å². The molecule has 4 aromatic rings. The van der Waals surface area contributed by atoms with Gasteiger partial charge in [-0.3, -0.25) is 0 Å². The summed E-state index contributed by atoms with van der Waals surface area (Å²) in [5, 5.41) is 1.33. The van der Waals surface area contributed by atoms with Gasteiger partial charge >= 0.3 is 0 Å². The van der Waals surface area contributed by atoms with Gasteiger partial charge in [-0.1, -0.05) is 24.3 Å². The first-order valence-corrected chi connectivity index (χ1v) is 10.6. The van der Waals surface area contributed by atoms with E-state index in [0.29, 0.717) is 5.92 Å². The number of para-hydroxylation sites is 3. The number of fused-ring (bicyclic) bond motifs is 2. The molecule has 0 amide bonds. The van der Waals surface area contributed by atoms with Crippen LogP contribution in [0.15, 0.2) is 48.5 Å². The van der Waals surface area contributed by atoms with E-state index >= 15 is 0 Å². The lowest BCUT2D eigenvalue weighted by Gasteiger charge is -2.31. The van der Waals surface area contributed by atoms with Crippen molar-refractivity contribution in [2.24, 2.45) is 0 Å². The van der Waals surface area contributed by atoms with Crippen molar-refractivity contribution in [3.05, 3.63) is 59.4 Å². The molecule has 0 saturated carbocycles. The van der Waals surface area contributed by atoms with Gasteiger partial charge in [0.25, 0.3) is 0 Å². The molecule has 138 valence electrons. The van der Waals surface area contributed by atoms with Crippen molar-refractivity contribution >= 4 is 32.6 Å². The van der Waals surface area contributed by atoms with Gasteiger partial charge in [0, 0.05) is 19.0 Å². The summed E-state index contributed by atoms with van der Waals surface area (Å²) in [7, 11) is 0. The molecule has 4 nitrogen and oxygen atoms in total. The standard InChI is InChI=1S/C22H24N4S/c1-16-23-18-6-2-4-8-20(18)26(16)15-14-25-12-10-17(11-13-25)22-24-19-7-3-5-9-21(19)27-22/h2-9,17H,10-15H2,1H3. The van der Waals surface area contributed by atoms with Gasteiger partial charge in [0.2, 0.25) is 0 Å². The highest BCUT2D eigenvalue weighted by Gasteiger charge is 2.23. The molecule has 27 heavy (non-hydrogen) atoms. The summed E-state index contributed by atoms with van der Waals surface area (Å²) in [5.41, 5.74) is 3.51. The van der Waals surface area contributed by atoms with E-state index in [9.17, 15) is 0 Å². The topological polar surface area (TPSA) is 34.0 Å². The van der Waals surface area contributed by atoms with E-state index < -0.39 is 0 Å². The van der Waals surface area contributed by atoms with E-state index in [1.54, 1.807) is 0 Å². The molecule has 1 saturated heterocycles. The van der Waals surface area contributed by atoms with Gasteiger partial charge < -0.3 is 9.47 Å². The number of imidazole rings is 1. The van der Waals surface area contributed by atoms with Gasteiger partial charge in [0.05, 0.1) is 26.3 Å². The summed E-state index contributed by atoms with van der Waals surface area (Å²) >= 11 is 1.88. The number of hydrogen-bond donors (Lipinski definition) is 0. The summed E-state index contributed by atoms with van der Waals surface area (Å²) in [6.45, 7) is 6.53. The Balaban J connectivity index is 1.22. The molecule has 2 aromatic carbocycles. The molecule has 5 heteroatoms. The third-order valence-corrected chi connectivity index (χ3v) is 6.93. The molecule has 0 N–H and O–H groups in total. The van der Waals surface area contributed by atoms with Crippen LogP contribution in [-0.4, -0.2) is 39.1 Å². The summed E-state index contributed by atoms with van der Waals surface area (Å²) in [4.78, 5) is 12.2. The van der Waals surface area contributed by atoms with Crippen molar-refractivity contribution in [2.45, 2.75) is 32.2 Å². The van der Waals surface area contributed by atoms with Gasteiger partial charge in [-0.25, -0.2) is 9.97 Å². The van der Waals surface area contributed by atoms with Crippen molar-refractivity contribution in [3.63, 3.8) is 0 Å². The van der Waals surface area contributed by atoms with Crippen molar-refractivity contribution in [1.82, 2.24) is 19.4 Å². The summed E-state index contributed by atoms with van der Waals surface area (Å²) in [6.07, 6.45) is 2.42. The molecule has 1 fully saturated rings. The first-order chi connectivity index (χ1) is 13.3. The minimum absolute atomic E-state index is 0.620.